The van der Waals surface area contributed by atoms with Crippen molar-refractivity contribution >= 4 is 5.91 Å². The second-order valence-corrected chi connectivity index (χ2v) is 6.45. The molecule has 5 nitrogen and oxygen atoms in total. The quantitative estimate of drug-likeness (QED) is 0.906. The van der Waals surface area contributed by atoms with Crippen LogP contribution in [0.4, 0.5) is 0 Å². The largest absolute Gasteiger partial charge is 0.393 e. The number of carbonyl (C=O) groups excluding carboxylic acids is 1. The molecule has 2 heterocycles. The van der Waals surface area contributed by atoms with Gasteiger partial charge >= 0.3 is 0 Å². The highest BCUT2D eigenvalue weighted by Gasteiger charge is 2.38. The molecule has 3 atom stereocenters. The summed E-state index contributed by atoms with van der Waals surface area (Å²) in [5.41, 5.74) is 0.523. The molecule has 116 valence electrons. The van der Waals surface area contributed by atoms with E-state index >= 15 is 0 Å². The van der Waals surface area contributed by atoms with Crippen molar-refractivity contribution in [1.82, 2.24) is 14.7 Å². The van der Waals surface area contributed by atoms with Crippen molar-refractivity contribution in [3.8, 4) is 0 Å². The Morgan fingerprint density at radius 2 is 2.00 bits per heavy atom. The molecule has 3 unspecified atom stereocenters. The summed E-state index contributed by atoms with van der Waals surface area (Å²) in [6, 6.07) is 1.97. The monoisotopic (exact) mass is 291 g/mol. The number of amides is 1. The maximum atomic E-state index is 12.7. The number of carbonyl (C=O) groups is 1. The van der Waals surface area contributed by atoms with Gasteiger partial charge < -0.3 is 10.0 Å². The molecule has 1 saturated carbocycles. The smallest absolute Gasteiger partial charge is 0.274 e. The van der Waals surface area contributed by atoms with Gasteiger partial charge in [-0.05, 0) is 38.2 Å². The lowest BCUT2D eigenvalue weighted by Gasteiger charge is -2.43. The molecule has 1 aromatic heterocycles. The summed E-state index contributed by atoms with van der Waals surface area (Å²) in [4.78, 5) is 14.7. The lowest BCUT2D eigenvalue weighted by molar-refractivity contribution is -0.00154. The van der Waals surface area contributed by atoms with Crippen molar-refractivity contribution < 1.29 is 9.90 Å². The molecule has 1 N–H and O–H groups in total. The molecule has 3 rings (SSSR count). The van der Waals surface area contributed by atoms with E-state index in [9.17, 15) is 9.90 Å². The van der Waals surface area contributed by atoms with Crippen molar-refractivity contribution in [2.75, 3.05) is 6.54 Å². The van der Waals surface area contributed by atoms with E-state index in [-0.39, 0.29) is 24.0 Å². The van der Waals surface area contributed by atoms with E-state index in [0.717, 1.165) is 45.1 Å². The van der Waals surface area contributed by atoms with Crippen LogP contribution in [-0.2, 0) is 7.05 Å². The second kappa shape index (κ2) is 6.18. The zero-order chi connectivity index (χ0) is 14.8. The van der Waals surface area contributed by atoms with E-state index in [0.29, 0.717) is 5.69 Å². The summed E-state index contributed by atoms with van der Waals surface area (Å²) >= 11 is 0. The highest BCUT2D eigenvalue weighted by molar-refractivity contribution is 5.92. The molecule has 0 spiro atoms. The number of aryl methyl sites for hydroxylation is 1. The van der Waals surface area contributed by atoms with Gasteiger partial charge in [-0.2, -0.15) is 5.10 Å². The fraction of sp³-hybridized carbons (Fsp3) is 0.750. The summed E-state index contributed by atoms with van der Waals surface area (Å²) in [5.74, 6) is 0.268. The number of aliphatic hydroxyl groups excluding tert-OH is 1. The number of hydrogen-bond donors (Lipinski definition) is 1. The van der Waals surface area contributed by atoms with Crippen LogP contribution in [0.15, 0.2) is 12.3 Å². The van der Waals surface area contributed by atoms with Gasteiger partial charge in [-0.25, -0.2) is 0 Å². The highest BCUT2D eigenvalue weighted by Crippen LogP contribution is 2.34. The Bertz CT molecular complexity index is 499. The minimum Gasteiger partial charge on any atom is -0.393 e. The van der Waals surface area contributed by atoms with Gasteiger partial charge in [0.15, 0.2) is 0 Å². The molecular formula is C16H25N3O2. The number of piperidine rings is 1. The standard InChI is InChI=1S/C16H25N3O2/c1-18-11-9-13(17-18)16(21)19-10-5-4-7-14(19)12-6-2-3-8-15(12)20/h9,11-12,14-15,20H,2-8,10H2,1H3. The average molecular weight is 291 g/mol. The normalized spacial score (nSPS) is 30.4. The first-order valence-corrected chi connectivity index (χ1v) is 8.15. The SMILES string of the molecule is Cn1ccc(C(=O)N2CCCCC2C2CCCCC2O)n1. The highest BCUT2D eigenvalue weighted by atomic mass is 16.3. The van der Waals surface area contributed by atoms with Gasteiger partial charge in [-0.3, -0.25) is 9.48 Å². The lowest BCUT2D eigenvalue weighted by atomic mass is 9.78. The van der Waals surface area contributed by atoms with Crippen molar-refractivity contribution in [2.45, 2.75) is 57.1 Å². The average Bonchev–Trinajstić information content (AvgIpc) is 2.94. The van der Waals surface area contributed by atoms with Gasteiger partial charge in [0.05, 0.1) is 6.10 Å². The Hall–Kier alpha value is -1.36. The minimum absolute atomic E-state index is 0.0260. The predicted octanol–water partition coefficient (Wildman–Crippen LogP) is 1.97. The Balaban J connectivity index is 1.79. The van der Waals surface area contributed by atoms with E-state index in [1.165, 1.54) is 6.42 Å². The fourth-order valence-corrected chi connectivity index (χ4v) is 3.92. The predicted molar refractivity (Wildman–Crippen MR) is 79.8 cm³/mol. The summed E-state index contributed by atoms with van der Waals surface area (Å²) in [6.07, 6.45) is 8.98. The Labute approximate surface area is 125 Å². The summed E-state index contributed by atoms with van der Waals surface area (Å²) < 4.78 is 1.67. The summed E-state index contributed by atoms with van der Waals surface area (Å²) in [6.45, 7) is 0.795. The van der Waals surface area contributed by atoms with Crippen LogP contribution in [0.1, 0.15) is 55.4 Å². The maximum absolute atomic E-state index is 12.7. The third-order valence-corrected chi connectivity index (χ3v) is 5.02. The Kier molecular flexibility index (Phi) is 4.29. The molecule has 1 amide bonds. The first-order valence-electron chi connectivity index (χ1n) is 8.15. The molecule has 2 aliphatic rings. The second-order valence-electron chi connectivity index (χ2n) is 6.45. The van der Waals surface area contributed by atoms with Gasteiger partial charge in [-0.1, -0.05) is 12.8 Å². The van der Waals surface area contributed by atoms with Crippen LogP contribution in [0.3, 0.4) is 0 Å². The third-order valence-electron chi connectivity index (χ3n) is 5.02. The van der Waals surface area contributed by atoms with E-state index in [1.54, 1.807) is 10.7 Å². The topological polar surface area (TPSA) is 58.4 Å². The molecule has 0 radical (unpaired) electrons. The van der Waals surface area contributed by atoms with Gasteiger partial charge in [0, 0.05) is 31.7 Å². The molecular weight excluding hydrogens is 266 g/mol. The van der Waals surface area contributed by atoms with Crippen LogP contribution in [0.2, 0.25) is 0 Å². The van der Waals surface area contributed by atoms with Crippen LogP contribution in [-0.4, -0.2) is 44.4 Å². The summed E-state index contributed by atoms with van der Waals surface area (Å²) in [5, 5.41) is 14.6. The van der Waals surface area contributed by atoms with E-state index in [4.69, 9.17) is 0 Å². The van der Waals surface area contributed by atoms with Gasteiger partial charge in [-0.15, -0.1) is 0 Å². The van der Waals surface area contributed by atoms with Crippen molar-refractivity contribution in [3.05, 3.63) is 18.0 Å². The van der Waals surface area contributed by atoms with Crippen LogP contribution in [0.5, 0.6) is 0 Å². The third kappa shape index (κ3) is 2.98. The summed E-state index contributed by atoms with van der Waals surface area (Å²) in [7, 11) is 1.83. The number of aliphatic hydroxyl groups is 1. The number of nitrogens with zero attached hydrogens (tertiary/aromatic N) is 3. The fourth-order valence-electron chi connectivity index (χ4n) is 3.92. The number of rotatable bonds is 2. The Morgan fingerprint density at radius 1 is 1.24 bits per heavy atom. The van der Waals surface area contributed by atoms with Gasteiger partial charge in [0.2, 0.25) is 0 Å². The lowest BCUT2D eigenvalue weighted by Crippen LogP contribution is -2.51. The van der Waals surface area contributed by atoms with E-state index in [1.807, 2.05) is 18.1 Å². The number of aromatic nitrogens is 2. The molecule has 2 fully saturated rings. The van der Waals surface area contributed by atoms with Gasteiger partial charge in [0.1, 0.15) is 5.69 Å². The maximum Gasteiger partial charge on any atom is 0.274 e. The molecule has 21 heavy (non-hydrogen) atoms. The zero-order valence-electron chi connectivity index (χ0n) is 12.7. The van der Waals surface area contributed by atoms with Crippen LogP contribution in [0, 0.1) is 5.92 Å². The van der Waals surface area contributed by atoms with E-state index in [2.05, 4.69) is 5.10 Å². The molecule has 0 aromatic carbocycles. The van der Waals surface area contributed by atoms with Crippen LogP contribution in [0.25, 0.3) is 0 Å². The Morgan fingerprint density at radius 3 is 2.71 bits per heavy atom. The van der Waals surface area contributed by atoms with Crippen molar-refractivity contribution in [1.29, 1.82) is 0 Å². The van der Waals surface area contributed by atoms with Crippen LogP contribution >= 0.6 is 0 Å². The number of likely N-dealkylation sites (tertiary alicyclic amines) is 1. The van der Waals surface area contributed by atoms with E-state index < -0.39 is 0 Å². The first kappa shape index (κ1) is 14.6. The minimum atomic E-state index is -0.249. The molecule has 5 heteroatoms. The van der Waals surface area contributed by atoms with Crippen LogP contribution < -0.4 is 0 Å². The first-order chi connectivity index (χ1) is 10.2. The molecule has 1 aromatic rings. The zero-order valence-corrected chi connectivity index (χ0v) is 12.7. The molecule has 0 bridgehead atoms. The number of hydrogen-bond acceptors (Lipinski definition) is 3. The van der Waals surface area contributed by atoms with Crippen molar-refractivity contribution in [2.24, 2.45) is 13.0 Å². The molecule has 1 aliphatic carbocycles. The molecule has 1 aliphatic heterocycles. The van der Waals surface area contributed by atoms with Gasteiger partial charge in [0.25, 0.3) is 5.91 Å². The molecule has 1 saturated heterocycles. The van der Waals surface area contributed by atoms with Crippen molar-refractivity contribution in [3.63, 3.8) is 0 Å².